The Morgan fingerprint density at radius 3 is 2.64 bits per heavy atom. The number of halogens is 1. The molecular formula is C28H31BrN2O4S. The van der Waals surface area contributed by atoms with Gasteiger partial charge in [0.2, 0.25) is 12.2 Å². The predicted molar refractivity (Wildman–Crippen MR) is 143 cm³/mol. The van der Waals surface area contributed by atoms with Crippen LogP contribution in [0, 0.1) is 13.8 Å². The molecular weight excluding hydrogens is 540 g/mol. The Labute approximate surface area is 224 Å². The van der Waals surface area contributed by atoms with E-state index in [-0.39, 0.29) is 5.91 Å². The molecule has 6 nitrogen and oxygen atoms in total. The van der Waals surface area contributed by atoms with Gasteiger partial charge in [-0.15, -0.1) is 11.3 Å². The van der Waals surface area contributed by atoms with Gasteiger partial charge in [-0.3, -0.25) is 4.79 Å². The van der Waals surface area contributed by atoms with E-state index in [2.05, 4.69) is 48.0 Å². The van der Waals surface area contributed by atoms with Crippen LogP contribution in [0.4, 0.5) is 0 Å². The number of rotatable bonds is 5. The molecule has 0 saturated carbocycles. The molecule has 0 aliphatic carbocycles. The predicted octanol–water partition coefficient (Wildman–Crippen LogP) is 6.23. The number of aryl methyl sites for hydroxylation is 2. The Hall–Kier alpha value is -2.26. The number of thiazole rings is 1. The number of nitrogens with zero attached hydrogens (tertiary/aromatic N) is 2. The third-order valence-electron chi connectivity index (χ3n) is 7.13. The van der Waals surface area contributed by atoms with Crippen molar-refractivity contribution in [3.63, 3.8) is 0 Å². The zero-order valence-corrected chi connectivity index (χ0v) is 23.3. The summed E-state index contributed by atoms with van der Waals surface area (Å²) in [5.41, 5.74) is 6.36. The smallest absolute Gasteiger partial charge is 0.227 e. The fourth-order valence-corrected chi connectivity index (χ4v) is 6.40. The van der Waals surface area contributed by atoms with E-state index in [0.29, 0.717) is 25.6 Å². The number of methoxy groups -OCH3 is 1. The van der Waals surface area contributed by atoms with Crippen LogP contribution in [-0.2, 0) is 33.9 Å². The number of fused-ring (bicyclic) bond motifs is 1. The van der Waals surface area contributed by atoms with Crippen LogP contribution in [0.1, 0.15) is 63.6 Å². The summed E-state index contributed by atoms with van der Waals surface area (Å²) >= 11 is 5.28. The fourth-order valence-electron chi connectivity index (χ4n) is 4.92. The van der Waals surface area contributed by atoms with Gasteiger partial charge in [0.25, 0.3) is 0 Å². The minimum Gasteiger partial charge on any atom is -0.496 e. The molecule has 2 aliphatic heterocycles. The third-order valence-corrected chi connectivity index (χ3v) is 8.90. The summed E-state index contributed by atoms with van der Waals surface area (Å²) < 4.78 is 18.7. The third kappa shape index (κ3) is 5.37. The summed E-state index contributed by atoms with van der Waals surface area (Å²) in [6, 6.07) is 10.2. The van der Waals surface area contributed by atoms with Crippen molar-refractivity contribution in [3.05, 3.63) is 78.7 Å². The van der Waals surface area contributed by atoms with Crippen LogP contribution in [0.25, 0.3) is 0 Å². The lowest BCUT2D eigenvalue weighted by molar-refractivity contribution is -0.155. The van der Waals surface area contributed by atoms with Crippen LogP contribution in [-0.4, -0.2) is 36.0 Å². The molecule has 8 heteroatoms. The maximum absolute atomic E-state index is 12.9. The molecule has 36 heavy (non-hydrogen) atoms. The van der Waals surface area contributed by atoms with E-state index in [9.17, 15) is 4.79 Å². The van der Waals surface area contributed by atoms with E-state index in [1.165, 1.54) is 11.1 Å². The minimum atomic E-state index is -0.516. The number of ether oxygens (including phenoxy) is 3. The molecule has 3 heterocycles. The molecule has 0 bridgehead atoms. The molecule has 2 aliphatic rings. The number of carbonyl (C=O) groups is 1. The lowest BCUT2D eigenvalue weighted by Gasteiger charge is -2.31. The van der Waals surface area contributed by atoms with E-state index >= 15 is 0 Å². The van der Waals surface area contributed by atoms with E-state index in [1.54, 1.807) is 18.4 Å². The van der Waals surface area contributed by atoms with Gasteiger partial charge in [0.1, 0.15) is 11.4 Å². The molecule has 1 saturated heterocycles. The average molecular weight is 572 g/mol. The molecule has 1 amide bonds. The maximum Gasteiger partial charge on any atom is 0.227 e. The number of piperidine rings is 1. The quantitative estimate of drug-likeness (QED) is 0.364. The summed E-state index contributed by atoms with van der Waals surface area (Å²) in [7, 11) is 1.67. The number of benzene rings is 2. The largest absolute Gasteiger partial charge is 0.496 e. The van der Waals surface area contributed by atoms with Gasteiger partial charge in [-0.1, -0.05) is 39.7 Å². The number of aromatic nitrogens is 1. The molecule has 2 aromatic carbocycles. The highest BCUT2D eigenvalue weighted by Crippen LogP contribution is 2.37. The van der Waals surface area contributed by atoms with Crippen molar-refractivity contribution in [2.45, 2.75) is 58.5 Å². The fraction of sp³-hybridized carbons (Fsp3) is 0.429. The van der Waals surface area contributed by atoms with Crippen LogP contribution in [0.2, 0.25) is 0 Å². The Bertz CT molecular complexity index is 1250. The Morgan fingerprint density at radius 1 is 1.14 bits per heavy atom. The van der Waals surface area contributed by atoms with E-state index in [1.807, 2.05) is 22.4 Å². The normalized spacial score (nSPS) is 18.6. The summed E-state index contributed by atoms with van der Waals surface area (Å²) in [5, 5.41) is 3.14. The zero-order chi connectivity index (χ0) is 25.2. The Kier molecular flexibility index (Phi) is 7.76. The van der Waals surface area contributed by atoms with Crippen molar-refractivity contribution >= 4 is 33.2 Å². The summed E-state index contributed by atoms with van der Waals surface area (Å²) in [5.74, 6) is 1.37. The van der Waals surface area contributed by atoms with Crippen molar-refractivity contribution < 1.29 is 19.0 Å². The number of likely N-dealkylation sites (tertiary alicyclic amines) is 1. The second-order valence-corrected chi connectivity index (χ2v) is 11.3. The highest BCUT2D eigenvalue weighted by molar-refractivity contribution is 9.10. The van der Waals surface area contributed by atoms with Crippen molar-refractivity contribution in [1.82, 2.24) is 9.88 Å². The van der Waals surface area contributed by atoms with Gasteiger partial charge < -0.3 is 19.1 Å². The van der Waals surface area contributed by atoms with Crippen LogP contribution < -0.4 is 4.74 Å². The highest BCUT2D eigenvalue weighted by Gasteiger charge is 2.29. The van der Waals surface area contributed by atoms with Gasteiger partial charge in [0, 0.05) is 40.0 Å². The second kappa shape index (κ2) is 11.0. The number of amides is 1. The molecule has 0 N–H and O–H groups in total. The van der Waals surface area contributed by atoms with Gasteiger partial charge >= 0.3 is 0 Å². The van der Waals surface area contributed by atoms with Crippen LogP contribution in [0.15, 0.2) is 40.2 Å². The van der Waals surface area contributed by atoms with Crippen molar-refractivity contribution in [2.24, 2.45) is 0 Å². The molecule has 0 spiro atoms. The van der Waals surface area contributed by atoms with Gasteiger partial charge in [-0.2, -0.15) is 0 Å². The van der Waals surface area contributed by atoms with Crippen LogP contribution >= 0.6 is 27.3 Å². The standard InChI is InChI=1S/C28H31BrN2O4S/c1-17-4-5-18(2)20(12-17)13-26(32)31-10-8-19(9-11-31)27-30-24(16-36-27)28-34-14-21-22(15-35-28)25(33-3)7-6-23(21)29/h4-7,12,16,19,28H,8-11,13-15H2,1-3H3. The van der Waals surface area contributed by atoms with Crippen molar-refractivity contribution in [1.29, 1.82) is 0 Å². The zero-order valence-electron chi connectivity index (χ0n) is 20.9. The second-order valence-electron chi connectivity index (χ2n) is 9.53. The average Bonchev–Trinajstić information content (AvgIpc) is 3.26. The Balaban J connectivity index is 1.19. The van der Waals surface area contributed by atoms with Gasteiger partial charge in [-0.25, -0.2) is 4.98 Å². The molecule has 5 rings (SSSR count). The SMILES string of the molecule is COc1ccc(Br)c2c1COC(c1csc(C3CCN(C(=O)Cc4cc(C)ccc4C)CC3)n1)OC2. The van der Waals surface area contributed by atoms with E-state index in [4.69, 9.17) is 19.2 Å². The van der Waals surface area contributed by atoms with Crippen LogP contribution in [0.3, 0.4) is 0 Å². The summed E-state index contributed by atoms with van der Waals surface area (Å²) in [6.45, 7) is 6.50. The minimum absolute atomic E-state index is 0.211. The molecule has 1 fully saturated rings. The molecule has 190 valence electrons. The van der Waals surface area contributed by atoms with Gasteiger partial charge in [-0.05, 0) is 49.9 Å². The number of hydrogen-bond donors (Lipinski definition) is 0. The number of hydrogen-bond acceptors (Lipinski definition) is 6. The van der Waals surface area contributed by atoms with E-state index in [0.717, 1.165) is 63.5 Å². The first-order valence-electron chi connectivity index (χ1n) is 12.3. The molecule has 1 atom stereocenters. The maximum atomic E-state index is 12.9. The molecule has 3 aromatic rings. The molecule has 1 aromatic heterocycles. The van der Waals surface area contributed by atoms with Crippen LogP contribution in [0.5, 0.6) is 5.75 Å². The first kappa shape index (κ1) is 25.4. The number of carbonyl (C=O) groups excluding carboxylic acids is 1. The summed E-state index contributed by atoms with van der Waals surface area (Å²) in [4.78, 5) is 19.9. The Morgan fingerprint density at radius 2 is 1.89 bits per heavy atom. The highest BCUT2D eigenvalue weighted by atomic mass is 79.9. The first-order valence-corrected chi connectivity index (χ1v) is 14.0. The van der Waals surface area contributed by atoms with Crippen molar-refractivity contribution in [3.8, 4) is 5.75 Å². The van der Waals surface area contributed by atoms with Gasteiger partial charge in [0.15, 0.2) is 0 Å². The van der Waals surface area contributed by atoms with Gasteiger partial charge in [0.05, 0.1) is 31.8 Å². The lowest BCUT2D eigenvalue weighted by Crippen LogP contribution is -2.38. The van der Waals surface area contributed by atoms with Crippen molar-refractivity contribution in [2.75, 3.05) is 20.2 Å². The first-order chi connectivity index (χ1) is 17.4. The lowest BCUT2D eigenvalue weighted by atomic mass is 9.96. The topological polar surface area (TPSA) is 60.9 Å². The van der Waals surface area contributed by atoms with E-state index < -0.39 is 6.29 Å². The monoisotopic (exact) mass is 570 g/mol. The molecule has 1 unspecified atom stereocenters. The summed E-state index contributed by atoms with van der Waals surface area (Å²) in [6.07, 6.45) is 1.80. The molecule has 0 radical (unpaired) electrons.